The summed E-state index contributed by atoms with van der Waals surface area (Å²) in [4.78, 5) is 2.08. The number of likely N-dealkylation sites (N-methyl/N-ethyl adjacent to an activating group) is 1. The van der Waals surface area contributed by atoms with Gasteiger partial charge in [0.15, 0.2) is 0 Å². The molecule has 0 aliphatic carbocycles. The summed E-state index contributed by atoms with van der Waals surface area (Å²) in [7, 11) is -5.71. The molecule has 0 amide bonds. The van der Waals surface area contributed by atoms with Crippen LogP contribution in [-0.2, 0) is 15.4 Å². The first kappa shape index (κ1) is 27.7. The molecular formula is C31H27ClN3O3PS. The number of nitriles is 1. The van der Waals surface area contributed by atoms with Crippen LogP contribution in [0.2, 0.25) is 5.02 Å². The molecule has 40 heavy (non-hydrogen) atoms. The van der Waals surface area contributed by atoms with E-state index >= 15 is 0 Å². The second-order valence-electron chi connectivity index (χ2n) is 9.91. The fraction of sp³-hybridized carbons (Fsp3) is 0.129. The van der Waals surface area contributed by atoms with Crippen molar-refractivity contribution < 1.29 is 12.9 Å². The first-order valence-electron chi connectivity index (χ1n) is 12.5. The molecule has 1 aliphatic heterocycles. The maximum absolute atomic E-state index is 13.9. The Bertz CT molecular complexity index is 1800. The average molecular weight is 588 g/mol. The molecule has 4 aromatic rings. The van der Waals surface area contributed by atoms with Gasteiger partial charge in [-0.2, -0.15) is 13.7 Å². The number of anilines is 1. The van der Waals surface area contributed by atoms with Gasteiger partial charge in [0.1, 0.15) is 5.75 Å². The molecule has 5 rings (SSSR count). The summed E-state index contributed by atoms with van der Waals surface area (Å²) >= 11 is 6.05. The van der Waals surface area contributed by atoms with Crippen LogP contribution in [0, 0.1) is 11.3 Å². The normalized spacial score (nSPS) is 16.6. The maximum Gasteiger partial charge on any atom is 0.284 e. The summed E-state index contributed by atoms with van der Waals surface area (Å²) in [6.45, 7) is 4.21. The molecule has 9 heteroatoms. The van der Waals surface area contributed by atoms with Crippen molar-refractivity contribution in [3.8, 4) is 11.8 Å². The van der Waals surface area contributed by atoms with Gasteiger partial charge in [-0.25, -0.2) is 0 Å². The Morgan fingerprint density at radius 2 is 1.55 bits per heavy atom. The zero-order valence-electron chi connectivity index (χ0n) is 22.2. The first-order chi connectivity index (χ1) is 19.1. The van der Waals surface area contributed by atoms with Crippen molar-refractivity contribution in [2.45, 2.75) is 24.2 Å². The van der Waals surface area contributed by atoms with Crippen LogP contribution in [0.15, 0.2) is 124 Å². The van der Waals surface area contributed by atoms with E-state index in [1.807, 2.05) is 61.4 Å². The fourth-order valence-corrected chi connectivity index (χ4v) is 9.98. The molecule has 0 aromatic heterocycles. The van der Waals surface area contributed by atoms with Gasteiger partial charge in [-0.15, -0.1) is 4.15 Å². The molecule has 202 valence electrons. The number of rotatable bonds is 6. The van der Waals surface area contributed by atoms with Crippen molar-refractivity contribution in [3.63, 3.8) is 0 Å². The molecule has 1 atom stereocenters. The third kappa shape index (κ3) is 5.19. The standard InChI is InChI=1S/C31H27ClN3O3PS/c1-31(2)28-11-7-8-12-29(28)35(3)30(31)22-39(26-9-5-4-6-10-26,38-25-17-13-23(21-33)14-18-25)34-40(36,37)27-19-15-24(32)16-20-27/h4-20,22H,1-3H3/b30-22-. The minimum absolute atomic E-state index is 0.0151. The maximum atomic E-state index is 13.9. The number of sulfonamides is 1. The summed E-state index contributed by atoms with van der Waals surface area (Å²) in [6.07, 6.45) is 0. The molecule has 1 unspecified atom stereocenters. The number of benzene rings is 4. The summed E-state index contributed by atoms with van der Waals surface area (Å²) < 4.78 is 39.1. The van der Waals surface area contributed by atoms with Crippen LogP contribution in [0.25, 0.3) is 0 Å². The van der Waals surface area contributed by atoms with Gasteiger partial charge in [0, 0.05) is 40.0 Å². The van der Waals surface area contributed by atoms with Crippen molar-refractivity contribution in [1.82, 2.24) is 0 Å². The highest BCUT2D eigenvalue weighted by Gasteiger charge is 2.41. The van der Waals surface area contributed by atoms with E-state index in [9.17, 15) is 13.7 Å². The molecule has 0 fully saturated rings. The number of para-hydroxylation sites is 1. The van der Waals surface area contributed by atoms with Crippen molar-refractivity contribution in [2.24, 2.45) is 4.15 Å². The Labute approximate surface area is 240 Å². The number of fused-ring (bicyclic) bond motifs is 1. The Morgan fingerprint density at radius 3 is 2.17 bits per heavy atom. The summed E-state index contributed by atoms with van der Waals surface area (Å²) in [5, 5.41) is 10.3. The molecule has 0 radical (unpaired) electrons. The highest BCUT2D eigenvalue weighted by atomic mass is 35.5. The van der Waals surface area contributed by atoms with Crippen LogP contribution in [-0.4, -0.2) is 15.5 Å². The summed E-state index contributed by atoms with van der Waals surface area (Å²) in [5.74, 6) is 2.30. The Hall–Kier alpha value is -3.82. The van der Waals surface area contributed by atoms with Gasteiger partial charge >= 0.3 is 0 Å². The van der Waals surface area contributed by atoms with E-state index in [4.69, 9.17) is 16.1 Å². The summed E-state index contributed by atoms with van der Waals surface area (Å²) in [6, 6.07) is 32.0. The second-order valence-corrected chi connectivity index (χ2v) is 14.6. The molecule has 0 saturated carbocycles. The lowest BCUT2D eigenvalue weighted by atomic mass is 9.84. The predicted octanol–water partition coefficient (Wildman–Crippen LogP) is 7.69. The molecule has 1 aliphatic rings. The van der Waals surface area contributed by atoms with E-state index in [-0.39, 0.29) is 4.90 Å². The molecule has 0 bridgehead atoms. The first-order valence-corrected chi connectivity index (χ1v) is 16.1. The van der Waals surface area contributed by atoms with Crippen LogP contribution < -0.4 is 14.7 Å². The Balaban J connectivity index is 1.83. The van der Waals surface area contributed by atoms with Gasteiger partial charge in [-0.05, 0) is 72.3 Å². The van der Waals surface area contributed by atoms with Crippen LogP contribution in [0.4, 0.5) is 5.69 Å². The molecule has 1 heterocycles. The van der Waals surface area contributed by atoms with Crippen molar-refractivity contribution in [1.29, 1.82) is 5.26 Å². The van der Waals surface area contributed by atoms with E-state index in [1.165, 1.54) is 24.3 Å². The van der Waals surface area contributed by atoms with E-state index in [0.717, 1.165) is 16.9 Å². The number of allylic oxidation sites excluding steroid dienone is 1. The zero-order valence-corrected chi connectivity index (χ0v) is 24.7. The van der Waals surface area contributed by atoms with Crippen molar-refractivity contribution >= 4 is 39.9 Å². The lowest BCUT2D eigenvalue weighted by molar-refractivity contribution is 0.593. The van der Waals surface area contributed by atoms with Gasteiger partial charge in [0.2, 0.25) is 7.28 Å². The Kier molecular flexibility index (Phi) is 7.37. The van der Waals surface area contributed by atoms with Crippen LogP contribution >= 0.6 is 18.9 Å². The third-order valence-corrected chi connectivity index (χ3v) is 12.0. The largest absolute Gasteiger partial charge is 0.451 e. The van der Waals surface area contributed by atoms with Gasteiger partial charge in [0.25, 0.3) is 10.0 Å². The molecule has 0 saturated heterocycles. The fourth-order valence-electron chi connectivity index (χ4n) is 4.84. The van der Waals surface area contributed by atoms with E-state index in [0.29, 0.717) is 21.6 Å². The van der Waals surface area contributed by atoms with Gasteiger partial charge in [-0.1, -0.05) is 61.8 Å². The van der Waals surface area contributed by atoms with Crippen LogP contribution in [0.3, 0.4) is 0 Å². The third-order valence-electron chi connectivity index (χ3n) is 6.93. The number of nitrogens with zero attached hydrogens (tertiary/aromatic N) is 3. The minimum Gasteiger partial charge on any atom is -0.451 e. The molecule has 0 N–H and O–H groups in total. The molecule has 4 aromatic carbocycles. The highest BCUT2D eigenvalue weighted by molar-refractivity contribution is 7.95. The lowest BCUT2D eigenvalue weighted by Crippen LogP contribution is -2.24. The van der Waals surface area contributed by atoms with Gasteiger partial charge in [0.05, 0.1) is 16.5 Å². The average Bonchev–Trinajstić information content (AvgIpc) is 3.14. The minimum atomic E-state index is -4.20. The molecule has 0 spiro atoms. The number of hydrogen-bond acceptors (Lipinski definition) is 5. The topological polar surface area (TPSA) is 82.8 Å². The SMILES string of the molecule is CN1/C(=C\P(=NS(=O)(=O)c2ccc(Cl)cc2)(Oc2ccc(C#N)cc2)c2ccccc2)C(C)(C)c2ccccc21. The molecule has 6 nitrogen and oxygen atoms in total. The number of hydrogen-bond donors (Lipinski definition) is 0. The predicted molar refractivity (Wildman–Crippen MR) is 162 cm³/mol. The summed E-state index contributed by atoms with van der Waals surface area (Å²) in [5.41, 5.74) is 3.03. The highest BCUT2D eigenvalue weighted by Crippen LogP contribution is 2.58. The quantitative estimate of drug-likeness (QED) is 0.216. The van der Waals surface area contributed by atoms with E-state index < -0.39 is 22.7 Å². The van der Waals surface area contributed by atoms with Gasteiger partial charge in [-0.3, -0.25) is 0 Å². The van der Waals surface area contributed by atoms with Crippen molar-refractivity contribution in [2.75, 3.05) is 11.9 Å². The molecular weight excluding hydrogens is 561 g/mol. The smallest absolute Gasteiger partial charge is 0.284 e. The number of halogens is 1. The van der Waals surface area contributed by atoms with E-state index in [1.54, 1.807) is 24.3 Å². The van der Waals surface area contributed by atoms with Crippen LogP contribution in [0.5, 0.6) is 5.75 Å². The Morgan fingerprint density at radius 1 is 0.925 bits per heavy atom. The van der Waals surface area contributed by atoms with Crippen LogP contribution in [0.1, 0.15) is 25.0 Å². The van der Waals surface area contributed by atoms with E-state index in [2.05, 4.69) is 35.0 Å². The zero-order chi connectivity index (χ0) is 28.5. The van der Waals surface area contributed by atoms with Crippen molar-refractivity contribution in [3.05, 3.63) is 131 Å². The lowest BCUT2D eigenvalue weighted by Gasteiger charge is -2.29. The monoisotopic (exact) mass is 587 g/mol. The van der Waals surface area contributed by atoms with Gasteiger partial charge < -0.3 is 9.42 Å². The second kappa shape index (κ2) is 10.6.